The third kappa shape index (κ3) is 2.70. The first-order chi connectivity index (χ1) is 5.47. The van der Waals surface area contributed by atoms with Crippen molar-refractivity contribution >= 4 is 18.2 Å². The Balaban J connectivity index is 2.49. The molecule has 0 atom stereocenters. The molecule has 6 heteroatoms. The predicted octanol–water partition coefficient (Wildman–Crippen LogP) is 2.89. The number of hydrogen-bond donors (Lipinski definition) is 0. The lowest BCUT2D eigenvalue weighted by Crippen LogP contribution is -2.37. The third-order valence-corrected chi connectivity index (χ3v) is 3.11. The molecular weight excluding hydrogens is 205 g/mol. The van der Waals surface area contributed by atoms with Crippen molar-refractivity contribution in [1.29, 1.82) is 0 Å². The molecule has 0 unspecified atom stereocenters. The van der Waals surface area contributed by atoms with Gasteiger partial charge in [0.25, 0.3) is 0 Å². The van der Waals surface area contributed by atoms with E-state index >= 15 is 0 Å². The Hall–Kier alpha value is 0.370. The monoisotopic (exact) mass is 216 g/mol. The molecule has 1 rings (SSSR count). The van der Waals surface area contributed by atoms with Gasteiger partial charge in [-0.25, -0.2) is 8.96 Å². The summed E-state index contributed by atoms with van der Waals surface area (Å²) in [6, 6.07) is 0. The molecule has 0 radical (unpaired) electrons. The lowest BCUT2D eigenvalue weighted by molar-refractivity contribution is -0.0130. The summed E-state index contributed by atoms with van der Waals surface area (Å²) in [6.45, 7) is -2.07. The van der Waals surface area contributed by atoms with Crippen LogP contribution in [0.15, 0.2) is 0 Å². The van der Waals surface area contributed by atoms with Crippen LogP contribution in [0.4, 0.5) is 4.39 Å². The van der Waals surface area contributed by atoms with Gasteiger partial charge in [-0.1, -0.05) is 13.3 Å². The highest BCUT2D eigenvalue weighted by Gasteiger charge is 2.40. The minimum Gasteiger partial charge on any atom is -0.293 e. The van der Waals surface area contributed by atoms with Crippen LogP contribution in [0.25, 0.3) is 0 Å². The normalized spacial score (nSPS) is 42.9. The Morgan fingerprint density at radius 2 is 2.08 bits per heavy atom. The first-order valence-corrected chi connectivity index (χ1v) is 6.20. The molecule has 0 N–H and O–H groups in total. The van der Waals surface area contributed by atoms with Crippen LogP contribution >= 0.6 is 18.2 Å². The molecule has 1 fully saturated rings. The van der Waals surface area contributed by atoms with Gasteiger partial charge in [-0.15, -0.1) is 0 Å². The molecule has 0 aromatic carbocycles. The summed E-state index contributed by atoms with van der Waals surface area (Å²) in [5.74, 6) is 0. The fraction of sp³-hybridized carbons (Fsp3) is 1.00. The van der Waals surface area contributed by atoms with E-state index in [1.807, 2.05) is 6.92 Å². The van der Waals surface area contributed by atoms with E-state index in [1.54, 1.807) is 0 Å². The number of alkyl halides is 1. The minimum atomic E-state index is -3.46. The van der Waals surface area contributed by atoms with E-state index in [-0.39, 0.29) is 13.2 Å². The predicted molar refractivity (Wildman–Crippen MR) is 44.1 cm³/mol. The van der Waals surface area contributed by atoms with Crippen LogP contribution < -0.4 is 0 Å². The molecule has 1 aliphatic heterocycles. The average Bonchev–Trinajstić information content (AvgIpc) is 1.98. The molecule has 1 saturated heterocycles. The van der Waals surface area contributed by atoms with E-state index in [0.29, 0.717) is 12.8 Å². The van der Waals surface area contributed by atoms with E-state index < -0.39 is 12.6 Å². The van der Waals surface area contributed by atoms with Gasteiger partial charge in [0.05, 0.1) is 13.2 Å². The highest BCUT2D eigenvalue weighted by atomic mass is 35.7. The molecule has 0 aromatic rings. The lowest BCUT2D eigenvalue weighted by Gasteiger charge is -2.30. The van der Waals surface area contributed by atoms with Crippen molar-refractivity contribution in [3.8, 4) is 0 Å². The summed E-state index contributed by atoms with van der Waals surface area (Å²) in [4.78, 5) is 0. The second-order valence-electron chi connectivity index (χ2n) is 2.88. The average molecular weight is 217 g/mol. The fourth-order valence-corrected chi connectivity index (χ4v) is 2.20. The van der Waals surface area contributed by atoms with Crippen LogP contribution in [-0.4, -0.2) is 18.9 Å². The molecule has 0 saturated carbocycles. The van der Waals surface area contributed by atoms with E-state index in [9.17, 15) is 8.96 Å². The first kappa shape index (κ1) is 10.5. The van der Waals surface area contributed by atoms with Crippen molar-refractivity contribution < 1.29 is 18.0 Å². The zero-order valence-electron chi connectivity index (χ0n) is 6.76. The highest BCUT2D eigenvalue weighted by molar-refractivity contribution is 7.81. The summed E-state index contributed by atoms with van der Waals surface area (Å²) in [6.07, 6.45) is 1.03. The fourth-order valence-electron chi connectivity index (χ4n) is 1.06. The van der Waals surface area contributed by atoms with Gasteiger partial charge in [0.1, 0.15) is 0 Å². The second kappa shape index (κ2) is 3.62. The van der Waals surface area contributed by atoms with Gasteiger partial charge in [0.2, 0.25) is 0 Å². The third-order valence-electron chi connectivity index (χ3n) is 1.65. The molecule has 0 aliphatic carbocycles. The maximum absolute atomic E-state index is 13.5. The van der Waals surface area contributed by atoms with Gasteiger partial charge in [-0.05, 0) is 6.42 Å². The molecular formula is C6H11ClFO3P. The second-order valence-corrected chi connectivity index (χ2v) is 5.50. The molecule has 0 bridgehead atoms. The molecule has 0 spiro atoms. The SMILES string of the molecule is CCCC1(F)COP(=O)(Cl)OC1. The van der Waals surface area contributed by atoms with Crippen LogP contribution in [0.2, 0.25) is 0 Å². The van der Waals surface area contributed by atoms with Gasteiger partial charge in [-0.3, -0.25) is 9.05 Å². The van der Waals surface area contributed by atoms with E-state index in [0.717, 1.165) is 0 Å². The minimum absolute atomic E-state index is 0.235. The Morgan fingerprint density at radius 1 is 1.58 bits per heavy atom. The molecule has 1 aliphatic rings. The Bertz CT molecular complexity index is 199. The highest BCUT2D eigenvalue weighted by Crippen LogP contribution is 2.57. The summed E-state index contributed by atoms with van der Waals surface area (Å²) in [7, 11) is 0. The van der Waals surface area contributed by atoms with Crippen molar-refractivity contribution in [1.82, 2.24) is 0 Å². The van der Waals surface area contributed by atoms with Gasteiger partial charge >= 0.3 is 6.95 Å². The summed E-state index contributed by atoms with van der Waals surface area (Å²) < 4.78 is 33.5. The van der Waals surface area contributed by atoms with E-state index in [2.05, 4.69) is 9.05 Å². The number of rotatable bonds is 2. The Kier molecular flexibility index (Phi) is 3.16. The summed E-state index contributed by atoms with van der Waals surface area (Å²) in [5, 5.41) is 0. The maximum Gasteiger partial charge on any atom is 0.424 e. The summed E-state index contributed by atoms with van der Waals surface area (Å²) in [5.41, 5.74) is -1.52. The quantitative estimate of drug-likeness (QED) is 0.666. The van der Waals surface area contributed by atoms with Crippen LogP contribution in [0, 0.1) is 0 Å². The largest absolute Gasteiger partial charge is 0.424 e. The zero-order valence-corrected chi connectivity index (χ0v) is 8.41. The molecule has 0 aromatic heterocycles. The van der Waals surface area contributed by atoms with Crippen LogP contribution in [0.3, 0.4) is 0 Å². The van der Waals surface area contributed by atoms with Gasteiger partial charge in [-0.2, -0.15) is 0 Å². The molecule has 72 valence electrons. The number of halogens is 2. The Morgan fingerprint density at radius 3 is 2.50 bits per heavy atom. The van der Waals surface area contributed by atoms with Crippen LogP contribution in [0.5, 0.6) is 0 Å². The summed E-state index contributed by atoms with van der Waals surface area (Å²) >= 11 is 5.24. The molecule has 12 heavy (non-hydrogen) atoms. The first-order valence-electron chi connectivity index (χ1n) is 3.75. The van der Waals surface area contributed by atoms with E-state index in [4.69, 9.17) is 11.2 Å². The smallest absolute Gasteiger partial charge is 0.293 e. The van der Waals surface area contributed by atoms with E-state index in [1.165, 1.54) is 0 Å². The van der Waals surface area contributed by atoms with Gasteiger partial charge in [0.15, 0.2) is 5.67 Å². The molecule has 3 nitrogen and oxygen atoms in total. The Labute approximate surface area is 75.5 Å². The van der Waals surface area contributed by atoms with Crippen molar-refractivity contribution in [3.63, 3.8) is 0 Å². The standard InChI is InChI=1S/C6H11ClFO3P/c1-2-3-6(8)4-10-12(7,9)11-5-6/h2-5H2,1H3. The van der Waals surface area contributed by atoms with Gasteiger partial charge < -0.3 is 0 Å². The van der Waals surface area contributed by atoms with Crippen LogP contribution in [-0.2, 0) is 13.6 Å². The number of hydrogen-bond acceptors (Lipinski definition) is 3. The van der Waals surface area contributed by atoms with Crippen molar-refractivity contribution in [2.45, 2.75) is 25.4 Å². The van der Waals surface area contributed by atoms with Crippen LogP contribution in [0.1, 0.15) is 19.8 Å². The van der Waals surface area contributed by atoms with Crippen molar-refractivity contribution in [3.05, 3.63) is 0 Å². The van der Waals surface area contributed by atoms with Crippen molar-refractivity contribution in [2.75, 3.05) is 13.2 Å². The zero-order chi connectivity index (χ0) is 9.24. The van der Waals surface area contributed by atoms with Crippen molar-refractivity contribution in [2.24, 2.45) is 0 Å². The molecule has 1 heterocycles. The molecule has 0 amide bonds. The van der Waals surface area contributed by atoms with Gasteiger partial charge in [0, 0.05) is 11.2 Å². The maximum atomic E-state index is 13.5. The topological polar surface area (TPSA) is 35.5 Å². The lowest BCUT2D eigenvalue weighted by atomic mass is 10.0.